The molecule has 2 aromatic heterocycles. The molecular weight excluding hydrogens is 344 g/mol. The average molecular weight is 360 g/mol. The number of hydrogen-bond acceptors (Lipinski definition) is 7. The van der Waals surface area contributed by atoms with Gasteiger partial charge in [0.25, 0.3) is 0 Å². The Kier molecular flexibility index (Phi) is 5.07. The van der Waals surface area contributed by atoms with Gasteiger partial charge < -0.3 is 28.9 Å². The summed E-state index contributed by atoms with van der Waals surface area (Å²) >= 11 is 0. The minimum Gasteiger partial charge on any atom is -0.472 e. The van der Waals surface area contributed by atoms with E-state index < -0.39 is 24.0 Å². The number of carbonyl (C=O) groups excluding carboxylic acids is 3. The fraction of sp³-hybridized carbons (Fsp3) is 0.235. The Morgan fingerprint density at radius 1 is 1.19 bits per heavy atom. The van der Waals surface area contributed by atoms with E-state index in [2.05, 4.69) is 10.6 Å². The molecule has 0 aromatic carbocycles. The molecule has 1 aliphatic heterocycles. The monoisotopic (exact) mass is 360 g/mol. The quantitative estimate of drug-likeness (QED) is 0.755. The molecule has 1 unspecified atom stereocenters. The Morgan fingerprint density at radius 2 is 2.04 bits per heavy atom. The van der Waals surface area contributed by atoms with Crippen LogP contribution in [0.25, 0.3) is 0 Å². The summed E-state index contributed by atoms with van der Waals surface area (Å²) in [5.41, 5.74) is 0.429. The molecule has 2 amide bonds. The Balaban J connectivity index is 1.89. The van der Waals surface area contributed by atoms with Crippen molar-refractivity contribution in [1.29, 1.82) is 0 Å². The van der Waals surface area contributed by atoms with Crippen LogP contribution in [-0.2, 0) is 14.3 Å². The van der Waals surface area contributed by atoms with Crippen LogP contribution in [0.2, 0.25) is 0 Å². The average Bonchev–Trinajstić information content (AvgIpc) is 3.32. The van der Waals surface area contributed by atoms with Crippen molar-refractivity contribution in [3.8, 4) is 0 Å². The maximum absolute atomic E-state index is 12.4. The maximum atomic E-state index is 12.4. The minimum absolute atomic E-state index is 0.0985. The molecule has 136 valence electrons. The molecule has 1 aliphatic rings. The van der Waals surface area contributed by atoms with Crippen molar-refractivity contribution < 1.29 is 32.7 Å². The molecule has 9 heteroatoms. The zero-order valence-corrected chi connectivity index (χ0v) is 13.8. The second-order valence-corrected chi connectivity index (χ2v) is 5.25. The van der Waals surface area contributed by atoms with Crippen molar-refractivity contribution in [3.05, 3.63) is 59.6 Å². The zero-order chi connectivity index (χ0) is 18.5. The van der Waals surface area contributed by atoms with E-state index in [1.54, 1.807) is 19.1 Å². The second-order valence-electron chi connectivity index (χ2n) is 5.25. The summed E-state index contributed by atoms with van der Waals surface area (Å²) in [5.74, 6) is -0.964. The Hall–Kier alpha value is -3.49. The summed E-state index contributed by atoms with van der Waals surface area (Å²) in [6.45, 7) is 1.47. The maximum Gasteiger partial charge on any atom is 0.341 e. The van der Waals surface area contributed by atoms with E-state index in [1.165, 1.54) is 24.9 Å². The van der Waals surface area contributed by atoms with Gasteiger partial charge in [0.05, 0.1) is 36.0 Å². The van der Waals surface area contributed by atoms with Crippen LogP contribution in [0.5, 0.6) is 0 Å². The third-order valence-electron chi connectivity index (χ3n) is 3.58. The number of urea groups is 1. The number of hydrogen-bond donors (Lipinski definition) is 2. The Labute approximate surface area is 147 Å². The molecule has 0 radical (unpaired) electrons. The highest BCUT2D eigenvalue weighted by Crippen LogP contribution is 2.28. The molecule has 2 N–H and O–H groups in total. The van der Waals surface area contributed by atoms with Crippen LogP contribution < -0.4 is 10.6 Å². The largest absolute Gasteiger partial charge is 0.472 e. The van der Waals surface area contributed by atoms with Crippen LogP contribution in [0.4, 0.5) is 4.79 Å². The summed E-state index contributed by atoms with van der Waals surface area (Å²) < 4.78 is 20.4. The number of amides is 2. The molecule has 0 saturated heterocycles. The molecule has 3 rings (SSSR count). The lowest BCUT2D eigenvalue weighted by Crippen LogP contribution is -2.47. The fourth-order valence-electron chi connectivity index (χ4n) is 2.45. The number of furan rings is 2. The molecule has 0 fully saturated rings. The standard InChI is InChI=1S/C17H16N2O7/c1-2-24-16(21)13-11(9-26-15(20)10-5-7-23-8-10)18-17(22)19-14(13)12-4-3-6-25-12/h3-8,14H,2,9H2,1H3,(H2,18,19,22). The Morgan fingerprint density at radius 3 is 2.69 bits per heavy atom. The summed E-state index contributed by atoms with van der Waals surface area (Å²) in [7, 11) is 0. The molecule has 9 nitrogen and oxygen atoms in total. The molecule has 0 saturated carbocycles. The van der Waals surface area contributed by atoms with Gasteiger partial charge in [-0.25, -0.2) is 14.4 Å². The predicted molar refractivity (Wildman–Crippen MR) is 85.8 cm³/mol. The zero-order valence-electron chi connectivity index (χ0n) is 13.8. The van der Waals surface area contributed by atoms with E-state index in [0.717, 1.165) is 0 Å². The summed E-state index contributed by atoms with van der Waals surface area (Å²) in [5, 5.41) is 5.08. The fourth-order valence-corrected chi connectivity index (χ4v) is 2.45. The van der Waals surface area contributed by atoms with Gasteiger partial charge in [-0.15, -0.1) is 0 Å². The van der Waals surface area contributed by atoms with Crippen molar-refractivity contribution >= 4 is 18.0 Å². The summed E-state index contributed by atoms with van der Waals surface area (Å²) in [6, 6.07) is 3.26. The first-order valence-electron chi connectivity index (χ1n) is 7.80. The van der Waals surface area contributed by atoms with Gasteiger partial charge in [0.1, 0.15) is 24.7 Å². The van der Waals surface area contributed by atoms with Crippen molar-refractivity contribution in [1.82, 2.24) is 10.6 Å². The third-order valence-corrected chi connectivity index (χ3v) is 3.58. The number of rotatable bonds is 6. The van der Waals surface area contributed by atoms with Gasteiger partial charge >= 0.3 is 18.0 Å². The summed E-state index contributed by atoms with van der Waals surface area (Å²) in [6.07, 6.45) is 3.99. The minimum atomic E-state index is -0.861. The second kappa shape index (κ2) is 7.60. The van der Waals surface area contributed by atoms with Gasteiger partial charge in [-0.1, -0.05) is 0 Å². The number of esters is 2. The van der Waals surface area contributed by atoms with E-state index in [1.807, 2.05) is 0 Å². The smallest absolute Gasteiger partial charge is 0.341 e. The van der Waals surface area contributed by atoms with Gasteiger partial charge in [0.2, 0.25) is 0 Å². The van der Waals surface area contributed by atoms with Crippen molar-refractivity contribution in [3.63, 3.8) is 0 Å². The van der Waals surface area contributed by atoms with Crippen LogP contribution in [0, 0.1) is 0 Å². The van der Waals surface area contributed by atoms with E-state index >= 15 is 0 Å². The van der Waals surface area contributed by atoms with E-state index in [9.17, 15) is 14.4 Å². The van der Waals surface area contributed by atoms with Crippen LogP contribution in [0.3, 0.4) is 0 Å². The molecule has 3 heterocycles. The highest BCUT2D eigenvalue weighted by atomic mass is 16.5. The van der Waals surface area contributed by atoms with Crippen LogP contribution in [0.15, 0.2) is 57.1 Å². The van der Waals surface area contributed by atoms with Crippen LogP contribution in [0.1, 0.15) is 29.1 Å². The lowest BCUT2D eigenvalue weighted by Gasteiger charge is -2.27. The Bertz CT molecular complexity index is 821. The van der Waals surface area contributed by atoms with Gasteiger partial charge in [0.15, 0.2) is 0 Å². The molecule has 0 bridgehead atoms. The number of carbonyl (C=O) groups is 3. The first-order chi connectivity index (χ1) is 12.6. The topological polar surface area (TPSA) is 120 Å². The van der Waals surface area contributed by atoms with Gasteiger partial charge in [-0.2, -0.15) is 0 Å². The van der Waals surface area contributed by atoms with Crippen LogP contribution >= 0.6 is 0 Å². The van der Waals surface area contributed by atoms with E-state index in [4.69, 9.17) is 18.3 Å². The van der Waals surface area contributed by atoms with E-state index in [-0.39, 0.29) is 30.0 Å². The van der Waals surface area contributed by atoms with Gasteiger partial charge in [-0.05, 0) is 25.1 Å². The van der Waals surface area contributed by atoms with E-state index in [0.29, 0.717) is 5.76 Å². The van der Waals surface area contributed by atoms with Crippen molar-refractivity contribution in [2.45, 2.75) is 13.0 Å². The first kappa shape index (κ1) is 17.3. The molecule has 26 heavy (non-hydrogen) atoms. The third kappa shape index (κ3) is 3.61. The van der Waals surface area contributed by atoms with Gasteiger partial charge in [0, 0.05) is 0 Å². The normalized spacial score (nSPS) is 16.7. The number of nitrogens with one attached hydrogen (secondary N) is 2. The molecule has 0 aliphatic carbocycles. The molecular formula is C17H16N2O7. The SMILES string of the molecule is CCOC(=O)C1=C(COC(=O)c2ccoc2)NC(=O)NC1c1ccco1. The predicted octanol–water partition coefficient (Wildman–Crippen LogP) is 1.90. The molecule has 1 atom stereocenters. The molecule has 0 spiro atoms. The van der Waals surface area contributed by atoms with Crippen LogP contribution in [-0.4, -0.2) is 31.2 Å². The summed E-state index contributed by atoms with van der Waals surface area (Å²) in [4.78, 5) is 36.4. The highest BCUT2D eigenvalue weighted by Gasteiger charge is 2.35. The highest BCUT2D eigenvalue weighted by molar-refractivity contribution is 5.95. The number of ether oxygens (including phenoxy) is 2. The van der Waals surface area contributed by atoms with Crippen molar-refractivity contribution in [2.24, 2.45) is 0 Å². The van der Waals surface area contributed by atoms with Gasteiger partial charge in [-0.3, -0.25) is 0 Å². The first-order valence-corrected chi connectivity index (χ1v) is 7.80. The van der Waals surface area contributed by atoms with Crippen molar-refractivity contribution in [2.75, 3.05) is 13.2 Å². The lowest BCUT2D eigenvalue weighted by atomic mass is 10.0. The lowest BCUT2D eigenvalue weighted by molar-refractivity contribution is -0.139. The molecule has 2 aromatic rings.